The molecule has 0 atom stereocenters. The van der Waals surface area contributed by atoms with E-state index in [0.29, 0.717) is 5.75 Å². The minimum Gasteiger partial charge on any atom is -0.481 e. The predicted octanol–water partition coefficient (Wildman–Crippen LogP) is 6.72. The van der Waals surface area contributed by atoms with E-state index in [2.05, 4.69) is 31.8 Å². The molecule has 0 spiro atoms. The summed E-state index contributed by atoms with van der Waals surface area (Å²) in [6.45, 7) is 6.13. The zero-order valence-corrected chi connectivity index (χ0v) is 19.8. The van der Waals surface area contributed by atoms with Gasteiger partial charge in [-0.2, -0.15) is 0 Å². The monoisotopic (exact) mass is 464 g/mol. The smallest absolute Gasteiger partial charge is 0.265 e. The quantitative estimate of drug-likeness (QED) is 0.249. The van der Waals surface area contributed by atoms with Crippen LogP contribution in [0.5, 0.6) is 5.75 Å². The van der Waals surface area contributed by atoms with Crippen LogP contribution in [0.25, 0.3) is 22.0 Å². The number of carbonyl (C=O) groups excluding carboxylic acids is 1. The maximum absolute atomic E-state index is 13.5. The summed E-state index contributed by atoms with van der Waals surface area (Å²) in [5.41, 5.74) is 4.37. The summed E-state index contributed by atoms with van der Waals surface area (Å²) < 4.78 is 6.87. The zero-order valence-electron chi connectivity index (χ0n) is 17.3. The largest absolute Gasteiger partial charge is 0.481 e. The number of hydrogen-bond acceptors (Lipinski definition) is 6. The van der Waals surface area contributed by atoms with E-state index in [4.69, 9.17) is 17.0 Å². The summed E-state index contributed by atoms with van der Waals surface area (Å²) >= 11 is 5.65. The van der Waals surface area contributed by atoms with Crippen LogP contribution < -0.4 is 9.64 Å². The SMILES string of the molecule is Cc1ccc2c(c1)-c1c(ssc1=S)C(C)(C)N2C(=O)COc1cccc2cccnc12. The first-order valence-corrected chi connectivity index (χ1v) is 12.5. The molecule has 0 N–H and O–H groups in total. The standard InChI is InChI=1S/C24H20N2O2S3/c1-14-9-10-17-16(12-14)20-22(30-31-23(20)29)24(2,3)26(17)19(27)13-28-18-8-4-6-15-7-5-11-25-21(15)18/h4-12H,13H2,1-3H3. The fourth-order valence-electron chi connectivity index (χ4n) is 4.19. The van der Waals surface area contributed by atoms with Crippen molar-refractivity contribution in [1.29, 1.82) is 0 Å². The molecule has 1 aliphatic rings. The van der Waals surface area contributed by atoms with Gasteiger partial charge in [-0.05, 0) is 45.0 Å². The second-order valence-electron chi connectivity index (χ2n) is 8.09. The van der Waals surface area contributed by atoms with Crippen molar-refractivity contribution in [2.45, 2.75) is 26.3 Å². The number of rotatable bonds is 3. The van der Waals surface area contributed by atoms with E-state index >= 15 is 0 Å². The van der Waals surface area contributed by atoms with Crippen LogP contribution in [0.2, 0.25) is 0 Å². The predicted molar refractivity (Wildman–Crippen MR) is 131 cm³/mol. The number of anilines is 1. The Labute approximate surface area is 193 Å². The number of aromatic nitrogens is 1. The van der Waals surface area contributed by atoms with Crippen LogP contribution in [-0.4, -0.2) is 17.5 Å². The average molecular weight is 465 g/mol. The molecular weight excluding hydrogens is 444 g/mol. The molecule has 31 heavy (non-hydrogen) atoms. The van der Waals surface area contributed by atoms with E-state index in [9.17, 15) is 4.79 Å². The van der Waals surface area contributed by atoms with E-state index in [1.807, 2.05) is 47.4 Å². The van der Waals surface area contributed by atoms with Crippen molar-refractivity contribution in [2.24, 2.45) is 0 Å². The highest BCUT2D eigenvalue weighted by molar-refractivity contribution is 7.80. The van der Waals surface area contributed by atoms with Gasteiger partial charge in [-0.3, -0.25) is 14.7 Å². The maximum atomic E-state index is 13.5. The van der Waals surface area contributed by atoms with Gasteiger partial charge in [0.1, 0.15) is 15.1 Å². The molecule has 7 heteroatoms. The van der Waals surface area contributed by atoms with Gasteiger partial charge in [-0.1, -0.05) is 62.7 Å². The Kier molecular flexibility index (Phi) is 4.92. The number of aryl methyl sites for hydroxylation is 1. The first-order chi connectivity index (χ1) is 14.9. The van der Waals surface area contributed by atoms with Gasteiger partial charge in [-0.15, -0.1) is 0 Å². The highest BCUT2D eigenvalue weighted by Gasteiger charge is 2.43. The van der Waals surface area contributed by atoms with Gasteiger partial charge >= 0.3 is 0 Å². The Morgan fingerprint density at radius 1 is 1.16 bits per heavy atom. The van der Waals surface area contributed by atoms with Crippen LogP contribution in [0.15, 0.2) is 54.7 Å². The highest BCUT2D eigenvalue weighted by atomic mass is 32.9. The van der Waals surface area contributed by atoms with Crippen molar-refractivity contribution in [1.82, 2.24) is 4.98 Å². The van der Waals surface area contributed by atoms with Crippen molar-refractivity contribution in [3.05, 3.63) is 69.0 Å². The molecule has 0 radical (unpaired) electrons. The van der Waals surface area contributed by atoms with Gasteiger partial charge in [-0.25, -0.2) is 0 Å². The third-order valence-corrected chi connectivity index (χ3v) is 8.93. The molecule has 4 aromatic rings. The molecule has 1 aliphatic heterocycles. The molecule has 0 bridgehead atoms. The van der Waals surface area contributed by atoms with E-state index in [-0.39, 0.29) is 12.5 Å². The van der Waals surface area contributed by atoms with Crippen LogP contribution in [0.1, 0.15) is 24.3 Å². The summed E-state index contributed by atoms with van der Waals surface area (Å²) in [6.07, 6.45) is 1.73. The topological polar surface area (TPSA) is 42.4 Å². The number of benzene rings is 2. The van der Waals surface area contributed by atoms with Gasteiger partial charge < -0.3 is 4.74 Å². The summed E-state index contributed by atoms with van der Waals surface area (Å²) in [6, 6.07) is 15.8. The molecule has 156 valence electrons. The molecule has 0 fully saturated rings. The molecule has 4 nitrogen and oxygen atoms in total. The molecule has 1 amide bonds. The van der Waals surface area contributed by atoms with Crippen LogP contribution in [0, 0.1) is 10.7 Å². The molecule has 0 unspecified atom stereocenters. The molecule has 0 aliphatic carbocycles. The van der Waals surface area contributed by atoms with Crippen molar-refractivity contribution >= 4 is 55.4 Å². The minimum atomic E-state index is -0.521. The number of pyridine rings is 1. The van der Waals surface area contributed by atoms with Crippen LogP contribution in [0.4, 0.5) is 5.69 Å². The average Bonchev–Trinajstić information content (AvgIpc) is 3.15. The molecule has 5 rings (SSSR count). The first kappa shape index (κ1) is 20.3. The third-order valence-electron chi connectivity index (χ3n) is 5.61. The third kappa shape index (κ3) is 3.28. The Hall–Kier alpha value is -2.61. The Bertz CT molecular complexity index is 1380. The molecule has 3 heterocycles. The maximum Gasteiger partial charge on any atom is 0.265 e. The van der Waals surface area contributed by atoms with Crippen molar-refractivity contribution < 1.29 is 9.53 Å². The lowest BCUT2D eigenvalue weighted by molar-refractivity contribution is -0.121. The molecule has 0 saturated carbocycles. The molecular formula is C24H20N2O2S3. The number of para-hydroxylation sites is 1. The second-order valence-corrected chi connectivity index (χ2v) is 10.9. The Morgan fingerprint density at radius 2 is 1.97 bits per heavy atom. The van der Waals surface area contributed by atoms with Crippen LogP contribution in [0.3, 0.4) is 0 Å². The minimum absolute atomic E-state index is 0.0721. The van der Waals surface area contributed by atoms with Crippen LogP contribution in [-0.2, 0) is 10.3 Å². The van der Waals surface area contributed by atoms with E-state index in [1.54, 1.807) is 26.9 Å². The van der Waals surface area contributed by atoms with Crippen molar-refractivity contribution in [2.75, 3.05) is 11.5 Å². The number of carbonyl (C=O) groups is 1. The number of hydrogen-bond donors (Lipinski definition) is 0. The molecule has 2 aromatic carbocycles. The second kappa shape index (κ2) is 7.51. The Morgan fingerprint density at radius 3 is 2.81 bits per heavy atom. The number of amides is 1. The fourth-order valence-corrected chi connectivity index (χ4v) is 7.47. The number of fused-ring (bicyclic) bond motifs is 4. The first-order valence-electron chi connectivity index (χ1n) is 9.92. The summed E-state index contributed by atoms with van der Waals surface area (Å²) in [4.78, 5) is 21.0. The van der Waals surface area contributed by atoms with E-state index in [1.165, 1.54) is 0 Å². The fraction of sp³-hybridized carbons (Fsp3) is 0.208. The lowest BCUT2D eigenvalue weighted by Crippen LogP contribution is -2.49. The summed E-state index contributed by atoms with van der Waals surface area (Å²) in [7, 11) is 3.25. The van der Waals surface area contributed by atoms with Crippen molar-refractivity contribution in [3.63, 3.8) is 0 Å². The normalized spacial score (nSPS) is 14.2. The lowest BCUT2D eigenvalue weighted by Gasteiger charge is -2.43. The summed E-state index contributed by atoms with van der Waals surface area (Å²) in [5.74, 6) is 0.510. The van der Waals surface area contributed by atoms with Gasteiger partial charge in [0.2, 0.25) is 0 Å². The van der Waals surface area contributed by atoms with Gasteiger partial charge in [0, 0.05) is 22.7 Å². The number of nitrogens with zero attached hydrogens (tertiary/aromatic N) is 2. The van der Waals surface area contributed by atoms with E-state index < -0.39 is 5.54 Å². The van der Waals surface area contributed by atoms with Gasteiger partial charge in [0.05, 0.1) is 16.1 Å². The molecule has 0 saturated heterocycles. The Balaban J connectivity index is 1.53. The highest BCUT2D eigenvalue weighted by Crippen LogP contribution is 2.52. The number of ether oxygens (including phenoxy) is 1. The van der Waals surface area contributed by atoms with Crippen LogP contribution >= 0.6 is 32.9 Å². The lowest BCUT2D eigenvalue weighted by atomic mass is 9.87. The van der Waals surface area contributed by atoms with E-state index in [0.717, 1.165) is 42.0 Å². The zero-order chi connectivity index (χ0) is 21.8. The molecule has 2 aromatic heterocycles. The van der Waals surface area contributed by atoms with Crippen molar-refractivity contribution in [3.8, 4) is 16.9 Å². The summed E-state index contributed by atoms with van der Waals surface area (Å²) in [5, 5.41) is 0.981. The van der Waals surface area contributed by atoms with Gasteiger partial charge in [0.25, 0.3) is 5.91 Å². The van der Waals surface area contributed by atoms with Gasteiger partial charge in [0.15, 0.2) is 6.61 Å².